The molecule has 0 bridgehead atoms. The number of β-lactam (4-membered cyclic amide) rings is 1. The molecule has 208 valence electrons. The summed E-state index contributed by atoms with van der Waals surface area (Å²) in [6.07, 6.45) is -1.40. The van der Waals surface area contributed by atoms with Crippen molar-refractivity contribution in [1.82, 2.24) is 19.8 Å². The lowest BCUT2D eigenvalue weighted by Crippen LogP contribution is -2.67. The number of nitrogens with zero attached hydrogens (tertiary/aromatic N) is 2. The van der Waals surface area contributed by atoms with E-state index in [1.165, 1.54) is 6.92 Å². The first-order valence-electron chi connectivity index (χ1n) is 11.8. The van der Waals surface area contributed by atoms with Gasteiger partial charge in [-0.15, -0.1) is 0 Å². The first-order valence-corrected chi connectivity index (χ1v) is 11.8. The van der Waals surface area contributed by atoms with Crippen LogP contribution in [0.1, 0.15) is 25.3 Å². The second kappa shape index (κ2) is 12.1. The lowest BCUT2D eigenvalue weighted by Gasteiger charge is -2.46. The van der Waals surface area contributed by atoms with Gasteiger partial charge in [0.05, 0.1) is 31.0 Å². The van der Waals surface area contributed by atoms with Gasteiger partial charge in [-0.1, -0.05) is 18.2 Å². The highest BCUT2D eigenvalue weighted by Gasteiger charge is 2.54. The number of halogens is 1. The Morgan fingerprint density at radius 2 is 1.87 bits per heavy atom. The van der Waals surface area contributed by atoms with Crippen LogP contribution in [0.3, 0.4) is 0 Å². The van der Waals surface area contributed by atoms with E-state index in [1.807, 2.05) is 0 Å². The van der Waals surface area contributed by atoms with Gasteiger partial charge in [0.15, 0.2) is 0 Å². The summed E-state index contributed by atoms with van der Waals surface area (Å²) in [5.41, 5.74) is -1.03. The number of urea groups is 1. The Hall–Kier alpha value is -4.82. The van der Waals surface area contributed by atoms with Crippen LogP contribution in [0.25, 0.3) is 0 Å². The van der Waals surface area contributed by atoms with Crippen LogP contribution in [-0.4, -0.2) is 68.0 Å². The number of hydrogen-bond donors (Lipinski definition) is 4. The Kier molecular flexibility index (Phi) is 8.96. The third-order valence-corrected chi connectivity index (χ3v) is 6.01. The topological polar surface area (TPSA) is 197 Å². The van der Waals surface area contributed by atoms with Crippen LogP contribution in [0.5, 0.6) is 0 Å². The Morgan fingerprint density at radius 3 is 2.54 bits per heavy atom. The minimum Gasteiger partial charge on any atom is -0.481 e. The van der Waals surface area contributed by atoms with Crippen molar-refractivity contribution < 1.29 is 38.2 Å². The van der Waals surface area contributed by atoms with Crippen molar-refractivity contribution in [3.05, 3.63) is 62.7 Å². The quantitative estimate of drug-likeness (QED) is 0.233. The fraction of sp³-hybridized carbons (Fsp3) is 0.375. The van der Waals surface area contributed by atoms with Crippen molar-refractivity contribution in [1.29, 1.82) is 0 Å². The summed E-state index contributed by atoms with van der Waals surface area (Å²) in [7, 11) is 0. The average molecular weight is 547 g/mol. The van der Waals surface area contributed by atoms with E-state index in [0.29, 0.717) is 16.5 Å². The highest BCUT2D eigenvalue weighted by Crippen LogP contribution is 2.34. The maximum absolute atomic E-state index is 13.3. The number of aromatic nitrogens is 2. The third kappa shape index (κ3) is 6.94. The molecule has 0 spiro atoms. The Balaban J connectivity index is 1.53. The number of ether oxygens (including phenoxy) is 1. The van der Waals surface area contributed by atoms with E-state index in [2.05, 4.69) is 10.6 Å². The number of hydrogen-bond acceptors (Lipinski definition) is 8. The lowest BCUT2D eigenvalue weighted by atomic mass is 9.81. The second-order valence-corrected chi connectivity index (χ2v) is 8.80. The zero-order valence-corrected chi connectivity index (χ0v) is 20.9. The predicted octanol–water partition coefficient (Wildman–Crippen LogP) is -0.0441. The van der Waals surface area contributed by atoms with Crippen LogP contribution in [0.2, 0.25) is 0 Å². The molecule has 2 aromatic rings. The van der Waals surface area contributed by atoms with Crippen molar-refractivity contribution in [2.45, 2.75) is 45.4 Å². The van der Waals surface area contributed by atoms with Crippen LogP contribution in [-0.2, 0) is 30.5 Å². The molecule has 1 aliphatic rings. The van der Waals surface area contributed by atoms with Crippen LogP contribution >= 0.6 is 0 Å². The Morgan fingerprint density at radius 1 is 1.18 bits per heavy atom. The molecule has 14 nitrogen and oxygen atoms in total. The molecule has 15 heteroatoms. The molecule has 4 N–H and O–H groups in total. The molecule has 2 heterocycles. The fourth-order valence-corrected chi connectivity index (χ4v) is 4.07. The standard InChI is InChI=1S/C24H26FN5O9/c1-12-5-3-4-6-15(12)27-24(38)30-16(9-18(32)33)20(22(30)36)13(2)39-19(34)7-8-26-17(31)11-29-10-14(25)21(35)28-23(29)37/h3-6,10,13,16,20H,7-9,11H2,1-2H3,(H,26,31)(H,27,38)(H,32,33)(H,28,35,37). The molecule has 3 unspecified atom stereocenters. The van der Waals surface area contributed by atoms with Gasteiger partial charge >= 0.3 is 23.7 Å². The number of para-hydroxylation sites is 1. The van der Waals surface area contributed by atoms with Crippen molar-refractivity contribution in [3.63, 3.8) is 0 Å². The van der Waals surface area contributed by atoms with Gasteiger partial charge in [0.1, 0.15) is 12.6 Å². The molecule has 0 saturated carbocycles. The molecule has 39 heavy (non-hydrogen) atoms. The number of H-pyrrole nitrogens is 1. The number of carbonyl (C=O) groups excluding carboxylic acids is 4. The Labute approximate surface area is 219 Å². The van der Waals surface area contributed by atoms with Gasteiger partial charge in [0.25, 0.3) is 5.56 Å². The summed E-state index contributed by atoms with van der Waals surface area (Å²) >= 11 is 0. The number of likely N-dealkylation sites (tertiary alicyclic amines) is 1. The summed E-state index contributed by atoms with van der Waals surface area (Å²) < 4.78 is 19.2. The summed E-state index contributed by atoms with van der Waals surface area (Å²) in [6, 6.07) is 4.96. The molecule has 3 rings (SSSR count). The van der Waals surface area contributed by atoms with E-state index in [-0.39, 0.29) is 13.0 Å². The van der Waals surface area contributed by atoms with Gasteiger partial charge in [-0.2, -0.15) is 4.39 Å². The molecule has 0 aliphatic carbocycles. The Bertz CT molecular complexity index is 1420. The summed E-state index contributed by atoms with van der Waals surface area (Å²) in [5.74, 6) is -5.87. The van der Waals surface area contributed by atoms with Crippen LogP contribution in [0.4, 0.5) is 14.9 Å². The molecule has 3 atom stereocenters. The maximum atomic E-state index is 13.3. The number of anilines is 1. The lowest BCUT2D eigenvalue weighted by molar-refractivity contribution is -0.169. The van der Waals surface area contributed by atoms with Gasteiger partial charge in [-0.25, -0.2) is 9.59 Å². The van der Waals surface area contributed by atoms with E-state index in [9.17, 15) is 43.1 Å². The number of amides is 4. The summed E-state index contributed by atoms with van der Waals surface area (Å²) in [4.78, 5) is 86.3. The van der Waals surface area contributed by atoms with Crippen LogP contribution in [0, 0.1) is 18.7 Å². The summed E-state index contributed by atoms with van der Waals surface area (Å²) in [6.45, 7) is 2.29. The normalized spacial score (nSPS) is 17.1. The van der Waals surface area contributed by atoms with E-state index < -0.39 is 77.9 Å². The number of carbonyl (C=O) groups is 5. The number of imide groups is 1. The van der Waals surface area contributed by atoms with Gasteiger partial charge in [-0.3, -0.25) is 38.4 Å². The minimum absolute atomic E-state index is 0.229. The molecule has 1 fully saturated rings. The first-order chi connectivity index (χ1) is 18.4. The number of aromatic amines is 1. The van der Waals surface area contributed by atoms with Crippen molar-refractivity contribution in [2.75, 3.05) is 11.9 Å². The molecule has 1 aromatic heterocycles. The average Bonchev–Trinajstić information content (AvgIpc) is 2.83. The number of rotatable bonds is 10. The molecule has 4 amide bonds. The SMILES string of the molecule is Cc1ccccc1NC(=O)N1C(=O)C(C(C)OC(=O)CCNC(=O)Cn2cc(F)c(=O)[nH]c2=O)C1CC(=O)O. The monoisotopic (exact) mass is 547 g/mol. The molecule has 0 radical (unpaired) electrons. The number of aryl methyl sites for hydroxylation is 1. The van der Waals surface area contributed by atoms with Gasteiger partial charge in [0, 0.05) is 12.2 Å². The van der Waals surface area contributed by atoms with Crippen molar-refractivity contribution >= 4 is 35.5 Å². The number of carboxylic acid groups (broad SMARTS) is 1. The van der Waals surface area contributed by atoms with Crippen LogP contribution in [0.15, 0.2) is 40.1 Å². The van der Waals surface area contributed by atoms with Crippen LogP contribution < -0.4 is 21.9 Å². The molecule has 1 saturated heterocycles. The van der Waals surface area contributed by atoms with Gasteiger partial charge in [0.2, 0.25) is 17.6 Å². The third-order valence-electron chi connectivity index (χ3n) is 6.01. The van der Waals surface area contributed by atoms with Gasteiger partial charge < -0.3 is 20.5 Å². The predicted molar refractivity (Wildman–Crippen MR) is 131 cm³/mol. The first kappa shape index (κ1) is 28.7. The van der Waals surface area contributed by atoms with E-state index >= 15 is 0 Å². The van der Waals surface area contributed by atoms with Crippen molar-refractivity contribution in [2.24, 2.45) is 5.92 Å². The zero-order valence-electron chi connectivity index (χ0n) is 20.9. The highest BCUT2D eigenvalue weighted by molar-refractivity contribution is 6.07. The largest absolute Gasteiger partial charge is 0.481 e. The number of aliphatic carboxylic acids is 1. The zero-order chi connectivity index (χ0) is 28.9. The van der Waals surface area contributed by atoms with E-state index in [1.54, 1.807) is 36.2 Å². The summed E-state index contributed by atoms with van der Waals surface area (Å²) in [5, 5.41) is 14.2. The van der Waals surface area contributed by atoms with Crippen molar-refractivity contribution in [3.8, 4) is 0 Å². The van der Waals surface area contributed by atoms with Gasteiger partial charge in [-0.05, 0) is 25.5 Å². The number of nitrogens with one attached hydrogen (secondary N) is 3. The highest BCUT2D eigenvalue weighted by atomic mass is 19.1. The van der Waals surface area contributed by atoms with E-state index in [0.717, 1.165) is 10.5 Å². The smallest absolute Gasteiger partial charge is 0.328 e. The number of carboxylic acids is 1. The number of esters is 1. The molecular weight excluding hydrogens is 521 g/mol. The number of benzene rings is 1. The molecular formula is C24H26FN5O9. The molecule has 1 aromatic carbocycles. The molecule has 1 aliphatic heterocycles. The van der Waals surface area contributed by atoms with E-state index in [4.69, 9.17) is 4.74 Å². The second-order valence-electron chi connectivity index (χ2n) is 8.80. The minimum atomic E-state index is -1.26. The maximum Gasteiger partial charge on any atom is 0.328 e. The fourth-order valence-electron chi connectivity index (χ4n) is 4.07.